The molecule has 2 N–H and O–H groups in total. The first-order chi connectivity index (χ1) is 16.0. The largest absolute Gasteiger partial charge is 0.298 e. The van der Waals surface area contributed by atoms with E-state index >= 15 is 0 Å². The molecule has 0 fully saturated rings. The number of nitrogens with zero attached hydrogens (tertiary/aromatic N) is 1. The number of hydrogen-bond donors (Lipinski definition) is 2. The van der Waals surface area contributed by atoms with Gasteiger partial charge in [-0.1, -0.05) is 59.8 Å². The van der Waals surface area contributed by atoms with Crippen molar-refractivity contribution in [1.29, 1.82) is 0 Å². The minimum Gasteiger partial charge on any atom is -0.298 e. The van der Waals surface area contributed by atoms with Crippen molar-refractivity contribution >= 4 is 34.7 Å². The summed E-state index contributed by atoms with van der Waals surface area (Å²) in [4.78, 5) is 26.5. The zero-order valence-electron chi connectivity index (χ0n) is 18.2. The number of pyridine rings is 1. The first-order valence-electron chi connectivity index (χ1n) is 10.2. The van der Waals surface area contributed by atoms with Crippen LogP contribution in [0.2, 0.25) is 5.02 Å². The lowest BCUT2D eigenvalue weighted by Crippen LogP contribution is -2.34. The van der Waals surface area contributed by atoms with Gasteiger partial charge in [-0.2, -0.15) is 0 Å². The van der Waals surface area contributed by atoms with Gasteiger partial charge >= 0.3 is 0 Å². The van der Waals surface area contributed by atoms with Crippen LogP contribution in [0, 0.1) is 18.8 Å². The summed E-state index contributed by atoms with van der Waals surface area (Å²) in [7, 11) is 1.65. The molecule has 33 heavy (non-hydrogen) atoms. The zero-order valence-corrected chi connectivity index (χ0v) is 19.0. The number of para-hydroxylation sites is 1. The number of aldehydes is 1. The molecule has 0 aliphatic rings. The second-order valence-electron chi connectivity index (χ2n) is 7.04. The van der Waals surface area contributed by atoms with E-state index in [0.717, 1.165) is 33.9 Å². The van der Waals surface area contributed by atoms with Crippen LogP contribution in [-0.4, -0.2) is 24.2 Å². The van der Waals surface area contributed by atoms with Crippen molar-refractivity contribution in [2.45, 2.75) is 6.92 Å². The van der Waals surface area contributed by atoms with E-state index in [-0.39, 0.29) is 5.91 Å². The molecule has 6 heteroatoms. The van der Waals surface area contributed by atoms with Gasteiger partial charge < -0.3 is 0 Å². The Morgan fingerprint density at radius 1 is 0.970 bits per heavy atom. The summed E-state index contributed by atoms with van der Waals surface area (Å²) in [6, 6.07) is 22.5. The normalized spacial score (nSPS) is 9.79. The molecule has 1 heterocycles. The molecule has 3 aromatic carbocycles. The average molecular weight is 456 g/mol. The molecule has 5 nitrogen and oxygen atoms in total. The van der Waals surface area contributed by atoms with Crippen LogP contribution in [0.3, 0.4) is 0 Å². The Bertz CT molecular complexity index is 1340. The molecule has 0 spiro atoms. The summed E-state index contributed by atoms with van der Waals surface area (Å²) in [6.07, 6.45) is 2.53. The first kappa shape index (κ1) is 23.7. The molecule has 0 aliphatic heterocycles. The Morgan fingerprint density at radius 2 is 1.73 bits per heavy atom. The molecule has 0 saturated heterocycles. The molecule has 164 valence electrons. The highest BCUT2D eigenvalue weighted by molar-refractivity contribution is 6.33. The van der Waals surface area contributed by atoms with Crippen LogP contribution in [0.25, 0.3) is 10.9 Å². The van der Waals surface area contributed by atoms with Gasteiger partial charge in [0.15, 0.2) is 6.29 Å². The van der Waals surface area contributed by atoms with Crippen molar-refractivity contribution in [2.24, 2.45) is 0 Å². The van der Waals surface area contributed by atoms with Gasteiger partial charge in [0.05, 0.1) is 10.5 Å². The van der Waals surface area contributed by atoms with Gasteiger partial charge in [0.2, 0.25) is 0 Å². The van der Waals surface area contributed by atoms with Gasteiger partial charge in [0.1, 0.15) is 0 Å². The van der Waals surface area contributed by atoms with Gasteiger partial charge in [-0.3, -0.25) is 20.0 Å². The van der Waals surface area contributed by atoms with Crippen LogP contribution in [0.5, 0.6) is 0 Å². The second kappa shape index (κ2) is 11.6. The molecule has 0 atom stereocenters. The zero-order chi connectivity index (χ0) is 23.6. The Hall–Kier alpha value is -3.98. The number of halogens is 1. The molecule has 0 unspecified atom stereocenters. The molecular weight excluding hydrogens is 434 g/mol. The monoisotopic (exact) mass is 455 g/mol. The van der Waals surface area contributed by atoms with Crippen molar-refractivity contribution in [3.63, 3.8) is 0 Å². The molecule has 1 aromatic heterocycles. The minimum absolute atomic E-state index is 0.191. The number of aromatic nitrogens is 1. The van der Waals surface area contributed by atoms with Crippen LogP contribution in [0.1, 0.15) is 37.4 Å². The number of aryl methyl sites for hydroxylation is 1. The summed E-state index contributed by atoms with van der Waals surface area (Å²) in [5, 5.41) is 1.58. The molecule has 1 amide bonds. The van der Waals surface area contributed by atoms with E-state index in [2.05, 4.69) is 27.7 Å². The van der Waals surface area contributed by atoms with Crippen molar-refractivity contribution in [1.82, 2.24) is 15.8 Å². The number of nitrogens with one attached hydrogen (secondary N) is 2. The summed E-state index contributed by atoms with van der Waals surface area (Å²) >= 11 is 5.70. The van der Waals surface area contributed by atoms with Crippen molar-refractivity contribution in [3.05, 3.63) is 112 Å². The predicted octanol–water partition coefficient (Wildman–Crippen LogP) is 4.96. The smallest absolute Gasteiger partial charge is 0.265 e. The lowest BCUT2D eigenvalue weighted by atomic mass is 10.1. The fraction of sp³-hybridized carbons (Fsp3) is 0.0741. The lowest BCUT2D eigenvalue weighted by molar-refractivity contribution is 0.0937. The number of hydrogen-bond acceptors (Lipinski definition) is 4. The van der Waals surface area contributed by atoms with E-state index < -0.39 is 0 Å². The van der Waals surface area contributed by atoms with E-state index in [9.17, 15) is 9.59 Å². The maximum absolute atomic E-state index is 11.8. The molecular formula is C27H22ClN3O2. The number of fused-ring (bicyclic) bond motifs is 1. The Labute approximate surface area is 197 Å². The average Bonchev–Trinajstić information content (AvgIpc) is 2.83. The second-order valence-corrected chi connectivity index (χ2v) is 7.45. The topological polar surface area (TPSA) is 71.1 Å². The quantitative estimate of drug-likeness (QED) is 0.260. The third-order valence-electron chi connectivity index (χ3n) is 4.69. The Kier molecular flexibility index (Phi) is 8.31. The first-order valence-corrected chi connectivity index (χ1v) is 10.5. The third kappa shape index (κ3) is 6.50. The van der Waals surface area contributed by atoms with Gasteiger partial charge in [-0.05, 0) is 48.9 Å². The Morgan fingerprint density at radius 3 is 2.45 bits per heavy atom. The summed E-state index contributed by atoms with van der Waals surface area (Å²) in [5.74, 6) is 5.97. The van der Waals surface area contributed by atoms with Crippen molar-refractivity contribution in [2.75, 3.05) is 7.05 Å². The molecule has 0 radical (unpaired) electrons. The Balaban J connectivity index is 0.000000257. The number of carbonyl (C=O) groups is 2. The van der Waals surface area contributed by atoms with E-state index in [1.54, 1.807) is 31.4 Å². The standard InChI is InChI=1S/C19H15N3O.C8H7ClO/c1-20-22-19(23)17-7-4-5-14(11-17)9-10-15-12-16-6-2-3-8-18(16)21-13-15;1-6-3-2-4-8(9)7(6)5-10/h2-8,11-13,20H,1H3,(H,22,23);2-5H,1H3. The summed E-state index contributed by atoms with van der Waals surface area (Å²) in [5.41, 5.74) is 9.79. The van der Waals surface area contributed by atoms with Gasteiger partial charge in [0.25, 0.3) is 5.91 Å². The fourth-order valence-electron chi connectivity index (χ4n) is 3.00. The highest BCUT2D eigenvalue weighted by atomic mass is 35.5. The van der Waals surface area contributed by atoms with Crippen LogP contribution >= 0.6 is 11.6 Å². The van der Waals surface area contributed by atoms with E-state index in [1.165, 1.54) is 0 Å². The highest BCUT2D eigenvalue weighted by Crippen LogP contribution is 2.16. The van der Waals surface area contributed by atoms with E-state index in [0.29, 0.717) is 16.1 Å². The highest BCUT2D eigenvalue weighted by Gasteiger charge is 2.03. The van der Waals surface area contributed by atoms with Gasteiger partial charge in [-0.25, -0.2) is 5.43 Å². The SMILES string of the molecule is CNNC(=O)c1cccc(C#Cc2cnc3ccccc3c2)c1.Cc1cccc(Cl)c1C=O. The van der Waals surface area contributed by atoms with Crippen molar-refractivity contribution in [3.8, 4) is 11.8 Å². The lowest BCUT2D eigenvalue weighted by Gasteiger charge is -2.02. The maximum atomic E-state index is 11.8. The van der Waals surface area contributed by atoms with Crippen LogP contribution in [0.15, 0.2) is 79.0 Å². The van der Waals surface area contributed by atoms with Gasteiger partial charge in [-0.15, -0.1) is 0 Å². The van der Waals surface area contributed by atoms with Crippen LogP contribution in [0.4, 0.5) is 0 Å². The molecule has 0 bridgehead atoms. The summed E-state index contributed by atoms with van der Waals surface area (Å²) < 4.78 is 0. The molecule has 4 rings (SSSR count). The van der Waals surface area contributed by atoms with E-state index in [1.807, 2.05) is 61.5 Å². The number of amides is 1. The minimum atomic E-state index is -0.191. The maximum Gasteiger partial charge on any atom is 0.265 e. The van der Waals surface area contributed by atoms with Crippen LogP contribution < -0.4 is 10.9 Å². The van der Waals surface area contributed by atoms with E-state index in [4.69, 9.17) is 11.6 Å². The fourth-order valence-corrected chi connectivity index (χ4v) is 3.27. The number of carbonyl (C=O) groups excluding carboxylic acids is 2. The predicted molar refractivity (Wildman–Crippen MR) is 132 cm³/mol. The van der Waals surface area contributed by atoms with Crippen molar-refractivity contribution < 1.29 is 9.59 Å². The molecule has 0 saturated carbocycles. The number of hydrazine groups is 1. The molecule has 0 aliphatic carbocycles. The van der Waals surface area contributed by atoms with Crippen LogP contribution in [-0.2, 0) is 0 Å². The summed E-state index contributed by atoms with van der Waals surface area (Å²) in [6.45, 7) is 1.86. The van der Waals surface area contributed by atoms with Gasteiger partial charge in [0, 0.05) is 40.9 Å². The third-order valence-corrected chi connectivity index (χ3v) is 5.02. The molecule has 4 aromatic rings. The number of benzene rings is 3. The number of rotatable bonds is 3.